The molecule has 1 aromatic heterocycles. The first-order valence-electron chi connectivity index (χ1n) is 7.77. The van der Waals surface area contributed by atoms with E-state index in [1.54, 1.807) is 44.7 Å². The summed E-state index contributed by atoms with van der Waals surface area (Å²) in [6.07, 6.45) is 3.08. The summed E-state index contributed by atoms with van der Waals surface area (Å²) in [5, 5.41) is 4.57. The Morgan fingerprint density at radius 2 is 2.04 bits per heavy atom. The van der Waals surface area contributed by atoms with E-state index in [1.165, 1.54) is 6.26 Å². The van der Waals surface area contributed by atoms with Crippen molar-refractivity contribution in [1.29, 1.82) is 0 Å². The predicted octanol–water partition coefficient (Wildman–Crippen LogP) is 4.56. The van der Waals surface area contributed by atoms with Gasteiger partial charge in [0.05, 0.1) is 20.4 Å². The first kappa shape index (κ1) is 17.8. The van der Waals surface area contributed by atoms with Crippen molar-refractivity contribution >= 4 is 17.8 Å². The van der Waals surface area contributed by atoms with E-state index < -0.39 is 0 Å². The molecule has 0 aliphatic heterocycles. The Hall–Kier alpha value is -2.99. The molecule has 0 N–H and O–H groups in total. The van der Waals surface area contributed by atoms with Crippen molar-refractivity contribution in [3.63, 3.8) is 0 Å². The third-order valence-corrected chi connectivity index (χ3v) is 3.77. The number of methoxy groups -OCH3 is 2. The van der Waals surface area contributed by atoms with E-state index in [-0.39, 0.29) is 6.61 Å². The molecule has 0 aliphatic rings. The van der Waals surface area contributed by atoms with Crippen molar-refractivity contribution in [3.05, 3.63) is 65.0 Å². The number of ether oxygens (including phenoxy) is 2. The van der Waals surface area contributed by atoms with Gasteiger partial charge in [0.2, 0.25) is 5.89 Å². The summed E-state index contributed by atoms with van der Waals surface area (Å²) in [4.78, 5) is 9.65. The van der Waals surface area contributed by atoms with E-state index in [2.05, 4.69) is 10.1 Å². The highest BCUT2D eigenvalue weighted by Gasteiger charge is 2.08. The Morgan fingerprint density at radius 3 is 2.81 bits per heavy atom. The summed E-state index contributed by atoms with van der Waals surface area (Å²) in [6, 6.07) is 12.7. The molecule has 2 aromatic carbocycles. The van der Waals surface area contributed by atoms with Crippen molar-refractivity contribution in [2.24, 2.45) is 5.16 Å². The quantitative estimate of drug-likeness (QED) is 0.449. The standard InChI is InChI=1S/C19H17ClN2O4/c1-23-17-6-7-18(24-2)14(9-17)10-21-26-12-16-11-25-19(22-16)13-4-3-5-15(20)8-13/h3-11H,12H2,1-2H3/b21-10+. The predicted molar refractivity (Wildman–Crippen MR) is 98.9 cm³/mol. The molecule has 0 spiro atoms. The van der Waals surface area contributed by atoms with Gasteiger partial charge in [-0.3, -0.25) is 0 Å². The molecule has 1 heterocycles. The minimum absolute atomic E-state index is 0.173. The average Bonchev–Trinajstić information content (AvgIpc) is 3.14. The van der Waals surface area contributed by atoms with Crippen molar-refractivity contribution in [3.8, 4) is 23.0 Å². The Balaban J connectivity index is 1.63. The minimum Gasteiger partial charge on any atom is -0.497 e. The van der Waals surface area contributed by atoms with Gasteiger partial charge in [-0.15, -0.1) is 0 Å². The first-order chi connectivity index (χ1) is 12.7. The second-order valence-electron chi connectivity index (χ2n) is 5.27. The van der Waals surface area contributed by atoms with Crippen LogP contribution < -0.4 is 9.47 Å². The van der Waals surface area contributed by atoms with Crippen molar-refractivity contribution in [2.45, 2.75) is 6.61 Å². The lowest BCUT2D eigenvalue weighted by atomic mass is 10.2. The molecule has 7 heteroatoms. The molecule has 0 bridgehead atoms. The number of oxime groups is 1. The number of aromatic nitrogens is 1. The van der Waals surface area contributed by atoms with Gasteiger partial charge in [0.15, 0.2) is 6.61 Å². The van der Waals surface area contributed by atoms with Gasteiger partial charge in [0, 0.05) is 16.1 Å². The fourth-order valence-electron chi connectivity index (χ4n) is 2.27. The molecule has 0 fully saturated rings. The highest BCUT2D eigenvalue weighted by atomic mass is 35.5. The van der Waals surface area contributed by atoms with Gasteiger partial charge in [-0.2, -0.15) is 0 Å². The first-order valence-corrected chi connectivity index (χ1v) is 8.15. The highest BCUT2D eigenvalue weighted by molar-refractivity contribution is 6.30. The van der Waals surface area contributed by atoms with Crippen molar-refractivity contribution < 1.29 is 18.7 Å². The summed E-state index contributed by atoms with van der Waals surface area (Å²) in [7, 11) is 3.19. The average molecular weight is 373 g/mol. The molecular weight excluding hydrogens is 356 g/mol. The van der Waals surface area contributed by atoms with Crippen LogP contribution in [0.15, 0.2) is 58.3 Å². The molecule has 26 heavy (non-hydrogen) atoms. The van der Waals surface area contributed by atoms with E-state index in [9.17, 15) is 0 Å². The molecule has 0 saturated carbocycles. The van der Waals surface area contributed by atoms with Gasteiger partial charge in [-0.1, -0.05) is 22.8 Å². The maximum absolute atomic E-state index is 5.98. The van der Waals surface area contributed by atoms with Gasteiger partial charge >= 0.3 is 0 Å². The van der Waals surface area contributed by atoms with Gasteiger partial charge in [-0.05, 0) is 36.4 Å². The van der Waals surface area contributed by atoms with Crippen LogP contribution in [0.3, 0.4) is 0 Å². The molecule has 3 rings (SSSR count). The van der Waals surface area contributed by atoms with Crippen LogP contribution in [0.4, 0.5) is 0 Å². The molecule has 0 amide bonds. The normalized spacial score (nSPS) is 10.9. The van der Waals surface area contributed by atoms with Gasteiger partial charge in [-0.25, -0.2) is 4.98 Å². The smallest absolute Gasteiger partial charge is 0.226 e. The Bertz CT molecular complexity index is 908. The number of rotatable bonds is 7. The summed E-state index contributed by atoms with van der Waals surface area (Å²) in [5.41, 5.74) is 2.16. The van der Waals surface area contributed by atoms with Crippen LogP contribution >= 0.6 is 11.6 Å². The number of benzene rings is 2. The third kappa shape index (κ3) is 4.34. The zero-order valence-electron chi connectivity index (χ0n) is 14.3. The molecule has 0 atom stereocenters. The Kier molecular flexibility index (Phi) is 5.76. The Morgan fingerprint density at radius 1 is 1.15 bits per heavy atom. The fraction of sp³-hybridized carbons (Fsp3) is 0.158. The van der Waals surface area contributed by atoms with Crippen LogP contribution in [0.5, 0.6) is 11.5 Å². The Labute approximate surface area is 156 Å². The van der Waals surface area contributed by atoms with E-state index in [1.807, 2.05) is 18.2 Å². The molecule has 0 radical (unpaired) electrons. The van der Waals surface area contributed by atoms with Crippen LogP contribution in [0.25, 0.3) is 11.5 Å². The van der Waals surface area contributed by atoms with Crippen molar-refractivity contribution in [1.82, 2.24) is 4.98 Å². The van der Waals surface area contributed by atoms with E-state index in [4.69, 9.17) is 30.3 Å². The van der Waals surface area contributed by atoms with E-state index in [0.717, 1.165) is 11.1 Å². The monoisotopic (exact) mass is 372 g/mol. The maximum Gasteiger partial charge on any atom is 0.226 e. The summed E-state index contributed by atoms with van der Waals surface area (Å²) in [5.74, 6) is 1.85. The highest BCUT2D eigenvalue weighted by Crippen LogP contribution is 2.23. The SMILES string of the molecule is COc1ccc(OC)c(/C=N/OCc2coc(-c3cccc(Cl)c3)n2)c1. The third-order valence-electron chi connectivity index (χ3n) is 3.54. The summed E-state index contributed by atoms with van der Waals surface area (Å²) < 4.78 is 15.9. The second-order valence-corrected chi connectivity index (χ2v) is 5.71. The molecule has 0 aliphatic carbocycles. The lowest BCUT2D eigenvalue weighted by molar-refractivity contribution is 0.129. The molecule has 3 aromatic rings. The van der Waals surface area contributed by atoms with Gasteiger partial charge < -0.3 is 18.7 Å². The molecule has 6 nitrogen and oxygen atoms in total. The fourth-order valence-corrected chi connectivity index (χ4v) is 2.46. The van der Waals surface area contributed by atoms with Gasteiger partial charge in [0.25, 0.3) is 0 Å². The second kappa shape index (κ2) is 8.40. The minimum atomic E-state index is 0.173. The van der Waals surface area contributed by atoms with E-state index >= 15 is 0 Å². The largest absolute Gasteiger partial charge is 0.497 e. The summed E-state index contributed by atoms with van der Waals surface area (Å²) in [6.45, 7) is 0.173. The molecule has 0 saturated heterocycles. The topological polar surface area (TPSA) is 66.1 Å². The molecule has 0 unspecified atom stereocenters. The zero-order chi connectivity index (χ0) is 18.4. The van der Waals surface area contributed by atoms with Crippen LogP contribution in [0, 0.1) is 0 Å². The van der Waals surface area contributed by atoms with Crippen LogP contribution in [0.1, 0.15) is 11.3 Å². The number of hydrogen-bond acceptors (Lipinski definition) is 6. The lowest BCUT2D eigenvalue weighted by Gasteiger charge is -2.06. The van der Waals surface area contributed by atoms with Crippen molar-refractivity contribution in [2.75, 3.05) is 14.2 Å². The molecular formula is C19H17ClN2O4. The van der Waals surface area contributed by atoms with E-state index in [0.29, 0.717) is 28.1 Å². The number of nitrogens with zero attached hydrogens (tertiary/aromatic N) is 2. The molecule has 134 valence electrons. The number of halogens is 1. The van der Waals surface area contributed by atoms with Crippen LogP contribution in [-0.2, 0) is 11.4 Å². The number of oxazole rings is 1. The van der Waals surface area contributed by atoms with Gasteiger partial charge in [0.1, 0.15) is 23.5 Å². The number of hydrogen-bond donors (Lipinski definition) is 0. The lowest BCUT2D eigenvalue weighted by Crippen LogP contribution is -1.94. The van der Waals surface area contributed by atoms with Crippen LogP contribution in [0.2, 0.25) is 5.02 Å². The maximum atomic E-state index is 5.98. The zero-order valence-corrected chi connectivity index (χ0v) is 15.1. The van der Waals surface area contributed by atoms with Crippen LogP contribution in [-0.4, -0.2) is 25.4 Å². The summed E-state index contributed by atoms with van der Waals surface area (Å²) >= 11 is 5.98.